The topological polar surface area (TPSA) is 50.2 Å². The molecule has 0 amide bonds. The molecule has 0 aliphatic rings. The molecule has 0 aliphatic heterocycles. The zero-order chi connectivity index (χ0) is 12.2. The van der Waals surface area contributed by atoms with Crippen molar-refractivity contribution in [3.63, 3.8) is 0 Å². The number of thioether (sulfide) groups is 1. The molecule has 1 rings (SSSR count). The second-order valence-corrected chi connectivity index (χ2v) is 5.93. The molecule has 88 valence electrons. The molecule has 0 saturated carbocycles. The molecular weight excluding hydrogens is 222 g/mol. The minimum atomic E-state index is -0.803. The van der Waals surface area contributed by atoms with Gasteiger partial charge in [-0.3, -0.25) is 4.79 Å². The van der Waals surface area contributed by atoms with Crippen LogP contribution in [0.1, 0.15) is 27.2 Å². The Balaban J connectivity index is 2.83. The van der Waals surface area contributed by atoms with Crippen LogP contribution in [0.2, 0.25) is 0 Å². The number of aliphatic carboxylic acids is 1. The van der Waals surface area contributed by atoms with Crippen molar-refractivity contribution in [3.8, 4) is 0 Å². The number of carboxylic acids is 1. The molecule has 0 saturated heterocycles. The maximum Gasteiger partial charge on any atom is 0.319 e. The van der Waals surface area contributed by atoms with E-state index in [1.54, 1.807) is 13.1 Å². The average molecular weight is 239 g/mol. The minimum absolute atomic E-state index is 0.345. The first-order chi connectivity index (χ1) is 7.44. The van der Waals surface area contributed by atoms with Crippen molar-refractivity contribution >= 4 is 17.7 Å². The summed E-state index contributed by atoms with van der Waals surface area (Å²) in [6.45, 7) is 5.81. The lowest BCUT2D eigenvalue weighted by Gasteiger charge is -2.25. The Hall–Kier alpha value is -1.03. The highest BCUT2D eigenvalue weighted by molar-refractivity contribution is 8.01. The monoisotopic (exact) mass is 239 g/mol. The minimum Gasteiger partial charge on any atom is -0.480 e. The summed E-state index contributed by atoms with van der Waals surface area (Å²) in [5.74, 6) is -0.436. The summed E-state index contributed by atoms with van der Waals surface area (Å²) in [6.07, 6.45) is 2.31. The summed E-state index contributed by atoms with van der Waals surface area (Å²) in [5, 5.41) is 10.1. The Morgan fingerprint density at radius 1 is 1.56 bits per heavy atom. The smallest absolute Gasteiger partial charge is 0.319 e. The highest BCUT2D eigenvalue weighted by Gasteiger charge is 2.35. The van der Waals surface area contributed by atoms with Crippen LogP contribution in [0, 0.1) is 5.92 Å². The van der Waals surface area contributed by atoms with Gasteiger partial charge in [-0.1, -0.05) is 31.7 Å². The normalized spacial score (nSPS) is 14.8. The Morgan fingerprint density at radius 2 is 2.25 bits per heavy atom. The van der Waals surface area contributed by atoms with Crippen LogP contribution in [0.25, 0.3) is 0 Å². The van der Waals surface area contributed by atoms with Gasteiger partial charge < -0.3 is 5.11 Å². The Bertz CT molecular complexity index is 353. The van der Waals surface area contributed by atoms with Gasteiger partial charge in [0.2, 0.25) is 0 Å². The summed E-state index contributed by atoms with van der Waals surface area (Å²) >= 11 is 1.32. The van der Waals surface area contributed by atoms with Gasteiger partial charge >= 0.3 is 5.97 Å². The molecule has 0 bridgehead atoms. The largest absolute Gasteiger partial charge is 0.480 e. The molecule has 1 aromatic rings. The van der Waals surface area contributed by atoms with Gasteiger partial charge in [-0.2, -0.15) is 0 Å². The van der Waals surface area contributed by atoms with Crippen LogP contribution in [0.3, 0.4) is 0 Å². The molecule has 1 atom stereocenters. The van der Waals surface area contributed by atoms with E-state index in [9.17, 15) is 9.90 Å². The van der Waals surface area contributed by atoms with E-state index in [0.29, 0.717) is 12.3 Å². The fraction of sp³-hybridized carbons (Fsp3) is 0.500. The summed E-state index contributed by atoms with van der Waals surface area (Å²) in [4.78, 5) is 15.5. The lowest BCUT2D eigenvalue weighted by atomic mass is 9.98. The molecule has 0 spiro atoms. The zero-order valence-corrected chi connectivity index (χ0v) is 10.6. The van der Waals surface area contributed by atoms with E-state index in [2.05, 4.69) is 4.98 Å². The molecule has 1 aromatic heterocycles. The lowest BCUT2D eigenvalue weighted by molar-refractivity contribution is -0.139. The maximum absolute atomic E-state index is 11.3. The van der Waals surface area contributed by atoms with Gasteiger partial charge in [0.1, 0.15) is 4.75 Å². The molecule has 4 heteroatoms. The summed E-state index contributed by atoms with van der Waals surface area (Å²) in [7, 11) is 0. The SMILES string of the molecule is CC(C)CC(C)(Sc1ccccn1)C(=O)O. The second kappa shape index (κ2) is 5.34. The zero-order valence-electron chi connectivity index (χ0n) is 9.80. The van der Waals surface area contributed by atoms with E-state index >= 15 is 0 Å². The van der Waals surface area contributed by atoms with E-state index in [1.165, 1.54) is 11.8 Å². The molecule has 0 radical (unpaired) electrons. The first kappa shape index (κ1) is 13.0. The molecular formula is C12H17NO2S. The highest BCUT2D eigenvalue weighted by atomic mass is 32.2. The third-order valence-corrected chi connectivity index (χ3v) is 3.46. The second-order valence-electron chi connectivity index (χ2n) is 4.40. The van der Waals surface area contributed by atoms with Crippen LogP contribution >= 0.6 is 11.8 Å². The maximum atomic E-state index is 11.3. The van der Waals surface area contributed by atoms with Crippen molar-refractivity contribution in [2.75, 3.05) is 0 Å². The van der Waals surface area contributed by atoms with Gasteiger partial charge in [-0.25, -0.2) is 4.98 Å². The van der Waals surface area contributed by atoms with E-state index in [1.807, 2.05) is 32.0 Å². The van der Waals surface area contributed by atoms with Gasteiger partial charge in [-0.15, -0.1) is 0 Å². The number of nitrogens with zero attached hydrogens (tertiary/aromatic N) is 1. The van der Waals surface area contributed by atoms with Crippen LogP contribution in [-0.2, 0) is 4.79 Å². The van der Waals surface area contributed by atoms with Crippen molar-refractivity contribution in [1.82, 2.24) is 4.98 Å². The van der Waals surface area contributed by atoms with E-state index in [4.69, 9.17) is 0 Å². The Labute approximate surface area is 100 Å². The van der Waals surface area contributed by atoms with Crippen LogP contribution in [-0.4, -0.2) is 20.8 Å². The molecule has 0 fully saturated rings. The van der Waals surface area contributed by atoms with E-state index in [0.717, 1.165) is 5.03 Å². The van der Waals surface area contributed by atoms with Gasteiger partial charge in [-0.05, 0) is 31.4 Å². The summed E-state index contributed by atoms with van der Waals surface area (Å²) in [6, 6.07) is 5.53. The third kappa shape index (κ3) is 3.52. The number of aromatic nitrogens is 1. The molecule has 0 aliphatic carbocycles. The number of carboxylic acid groups (broad SMARTS) is 1. The third-order valence-electron chi connectivity index (χ3n) is 2.22. The molecule has 3 nitrogen and oxygen atoms in total. The van der Waals surface area contributed by atoms with Crippen molar-refractivity contribution in [1.29, 1.82) is 0 Å². The van der Waals surface area contributed by atoms with Gasteiger partial charge in [0, 0.05) is 6.20 Å². The number of rotatable bonds is 5. The molecule has 0 aromatic carbocycles. The van der Waals surface area contributed by atoms with E-state index < -0.39 is 10.7 Å². The first-order valence-electron chi connectivity index (χ1n) is 5.27. The van der Waals surface area contributed by atoms with Crippen molar-refractivity contribution < 1.29 is 9.90 Å². The number of hydrogen-bond donors (Lipinski definition) is 1. The Morgan fingerprint density at radius 3 is 2.69 bits per heavy atom. The fourth-order valence-corrected chi connectivity index (χ4v) is 2.82. The van der Waals surface area contributed by atoms with Crippen LogP contribution in [0.15, 0.2) is 29.4 Å². The van der Waals surface area contributed by atoms with Gasteiger partial charge in [0.05, 0.1) is 5.03 Å². The molecule has 1 N–H and O–H groups in total. The first-order valence-corrected chi connectivity index (χ1v) is 6.09. The fourth-order valence-electron chi connectivity index (χ4n) is 1.59. The molecule has 16 heavy (non-hydrogen) atoms. The quantitative estimate of drug-likeness (QED) is 0.802. The van der Waals surface area contributed by atoms with Crippen LogP contribution in [0.5, 0.6) is 0 Å². The van der Waals surface area contributed by atoms with Gasteiger partial charge in [0.25, 0.3) is 0 Å². The molecule has 1 heterocycles. The Kier molecular flexibility index (Phi) is 4.35. The number of carbonyl (C=O) groups is 1. The van der Waals surface area contributed by atoms with Crippen LogP contribution in [0.4, 0.5) is 0 Å². The number of hydrogen-bond acceptors (Lipinski definition) is 3. The molecule has 1 unspecified atom stereocenters. The summed E-state index contributed by atoms with van der Waals surface area (Å²) < 4.78 is -0.803. The van der Waals surface area contributed by atoms with Crippen molar-refractivity contribution in [3.05, 3.63) is 24.4 Å². The lowest BCUT2D eigenvalue weighted by Crippen LogP contribution is -2.33. The van der Waals surface area contributed by atoms with Crippen LogP contribution < -0.4 is 0 Å². The standard InChI is InChI=1S/C12H17NO2S/c1-9(2)8-12(3,11(14)15)16-10-6-4-5-7-13-10/h4-7,9H,8H2,1-3H3,(H,14,15). The highest BCUT2D eigenvalue weighted by Crippen LogP contribution is 2.36. The average Bonchev–Trinajstić information content (AvgIpc) is 2.17. The van der Waals surface area contributed by atoms with E-state index in [-0.39, 0.29) is 0 Å². The van der Waals surface area contributed by atoms with Crippen molar-refractivity contribution in [2.45, 2.75) is 37.0 Å². The predicted octanol–water partition coefficient (Wildman–Crippen LogP) is 3.06. The predicted molar refractivity (Wildman–Crippen MR) is 65.6 cm³/mol. The number of pyridine rings is 1. The summed E-state index contributed by atoms with van der Waals surface area (Å²) in [5.41, 5.74) is 0. The van der Waals surface area contributed by atoms with Gasteiger partial charge in [0.15, 0.2) is 0 Å². The van der Waals surface area contributed by atoms with Crippen molar-refractivity contribution in [2.24, 2.45) is 5.92 Å².